The van der Waals surface area contributed by atoms with E-state index in [1.165, 1.54) is 6.20 Å². The first-order valence-electron chi connectivity index (χ1n) is 5.77. The minimum Gasteiger partial charge on any atom is -0.295 e. The fourth-order valence-corrected chi connectivity index (χ4v) is 2.61. The van der Waals surface area contributed by atoms with Gasteiger partial charge in [-0.2, -0.15) is 10.4 Å². The maximum Gasteiger partial charge on any atom is 0.229 e. The van der Waals surface area contributed by atoms with E-state index in [0.29, 0.717) is 24.3 Å². The lowest BCUT2D eigenvalue weighted by molar-refractivity contribution is -0.117. The molecule has 6 heteroatoms. The van der Waals surface area contributed by atoms with E-state index in [4.69, 9.17) is 5.26 Å². The molecule has 2 rings (SSSR count). The Balaban J connectivity index is 2.52. The molecule has 18 heavy (non-hydrogen) atoms. The van der Waals surface area contributed by atoms with Gasteiger partial charge in [0.25, 0.3) is 0 Å². The van der Waals surface area contributed by atoms with Gasteiger partial charge in [0.05, 0.1) is 11.7 Å². The van der Waals surface area contributed by atoms with Crippen LogP contribution in [0.25, 0.3) is 0 Å². The molecule has 2 heterocycles. The number of amides is 1. The van der Waals surface area contributed by atoms with Gasteiger partial charge < -0.3 is 0 Å². The molecule has 0 spiro atoms. The van der Waals surface area contributed by atoms with Crippen molar-refractivity contribution >= 4 is 27.7 Å². The molecule has 1 saturated heterocycles. The molecule has 1 aliphatic rings. The number of carbonyl (C=O) groups is 1. The Morgan fingerprint density at radius 2 is 2.22 bits per heavy atom. The van der Waals surface area contributed by atoms with Crippen LogP contribution in [0.5, 0.6) is 0 Å². The van der Waals surface area contributed by atoms with Gasteiger partial charge in [-0.1, -0.05) is 15.9 Å². The van der Waals surface area contributed by atoms with Crippen LogP contribution < -0.4 is 4.90 Å². The van der Waals surface area contributed by atoms with E-state index in [-0.39, 0.29) is 16.3 Å². The Hall–Kier alpha value is -1.35. The number of nitrogens with zero attached hydrogens (tertiary/aromatic N) is 4. The first-order chi connectivity index (χ1) is 8.34. The zero-order valence-electron chi connectivity index (χ0n) is 10.6. The minimum absolute atomic E-state index is 0.0272. The minimum atomic E-state index is -0.269. The van der Waals surface area contributed by atoms with E-state index in [0.717, 1.165) is 0 Å². The third-order valence-corrected chi connectivity index (χ3v) is 3.45. The number of hydrogen-bond acceptors (Lipinski definition) is 3. The second-order valence-corrected chi connectivity index (χ2v) is 6.68. The molecule has 1 fully saturated rings. The number of rotatable bonds is 1. The average Bonchev–Trinajstić information content (AvgIpc) is 2.79. The summed E-state index contributed by atoms with van der Waals surface area (Å²) >= 11 is 3.45. The fourth-order valence-electron chi connectivity index (χ4n) is 2.04. The van der Waals surface area contributed by atoms with Crippen LogP contribution in [-0.2, 0) is 10.3 Å². The number of alkyl halides is 1. The Morgan fingerprint density at radius 3 is 2.67 bits per heavy atom. The van der Waals surface area contributed by atoms with Crippen molar-refractivity contribution in [1.82, 2.24) is 9.78 Å². The largest absolute Gasteiger partial charge is 0.295 e. The van der Waals surface area contributed by atoms with Crippen molar-refractivity contribution in [2.75, 3.05) is 11.4 Å². The first kappa shape index (κ1) is 13.1. The molecule has 1 amide bonds. The second kappa shape index (κ2) is 4.39. The lowest BCUT2D eigenvalue weighted by Crippen LogP contribution is -2.33. The number of aromatic nitrogens is 2. The summed E-state index contributed by atoms with van der Waals surface area (Å²) in [7, 11) is 0. The number of carbonyl (C=O) groups excluding carboxylic acids is 1. The Morgan fingerprint density at radius 1 is 1.56 bits per heavy atom. The van der Waals surface area contributed by atoms with E-state index >= 15 is 0 Å². The van der Waals surface area contributed by atoms with Crippen molar-refractivity contribution in [1.29, 1.82) is 5.26 Å². The molecule has 0 radical (unpaired) electrons. The molecule has 0 saturated carbocycles. The predicted octanol–water partition coefficient (Wildman–Crippen LogP) is 2.01. The number of nitriles is 1. The van der Waals surface area contributed by atoms with Crippen LogP contribution in [0.1, 0.15) is 32.8 Å². The molecular weight excluding hydrogens is 296 g/mol. The van der Waals surface area contributed by atoms with Gasteiger partial charge in [0, 0.05) is 17.8 Å². The highest BCUT2D eigenvalue weighted by Gasteiger charge is 2.34. The van der Waals surface area contributed by atoms with Crippen molar-refractivity contribution in [2.45, 2.75) is 37.6 Å². The fraction of sp³-hybridized carbons (Fsp3) is 0.583. The highest BCUT2D eigenvalue weighted by molar-refractivity contribution is 9.09. The molecule has 0 aromatic carbocycles. The van der Waals surface area contributed by atoms with Gasteiger partial charge in [0.1, 0.15) is 11.6 Å². The molecule has 0 N–H and O–H groups in total. The Labute approximate surface area is 114 Å². The van der Waals surface area contributed by atoms with Crippen LogP contribution in [0, 0.1) is 11.3 Å². The zero-order chi connectivity index (χ0) is 13.5. The van der Waals surface area contributed by atoms with Crippen LogP contribution in [0.3, 0.4) is 0 Å². The number of hydrogen-bond donors (Lipinski definition) is 0. The maximum atomic E-state index is 12.0. The molecule has 0 bridgehead atoms. The van der Waals surface area contributed by atoms with E-state index in [9.17, 15) is 4.79 Å². The van der Waals surface area contributed by atoms with Crippen LogP contribution >= 0.6 is 15.9 Å². The first-order valence-corrected chi connectivity index (χ1v) is 6.69. The van der Waals surface area contributed by atoms with Crippen LogP contribution in [0.2, 0.25) is 0 Å². The number of halogens is 1. The standard InChI is InChI=1S/C12H15BrN4O/c1-12(2,3)17-11(8(5-14)6-15-17)16-7-9(13)4-10(16)18/h6,9H,4,7H2,1-3H3. The summed E-state index contributed by atoms with van der Waals surface area (Å²) in [4.78, 5) is 13.8. The van der Waals surface area contributed by atoms with Gasteiger partial charge in [-0.05, 0) is 20.8 Å². The lowest BCUT2D eigenvalue weighted by atomic mass is 10.1. The van der Waals surface area contributed by atoms with Crippen LogP contribution in [0.4, 0.5) is 5.82 Å². The molecule has 5 nitrogen and oxygen atoms in total. The Kier molecular flexibility index (Phi) is 3.20. The van der Waals surface area contributed by atoms with Gasteiger partial charge in [-0.15, -0.1) is 0 Å². The molecule has 1 aromatic heterocycles. The quantitative estimate of drug-likeness (QED) is 0.745. The van der Waals surface area contributed by atoms with Gasteiger partial charge >= 0.3 is 0 Å². The molecule has 1 unspecified atom stereocenters. The normalized spacial score (nSPS) is 20.3. The van der Waals surface area contributed by atoms with Gasteiger partial charge in [0.2, 0.25) is 5.91 Å². The Bertz CT molecular complexity index is 523. The summed E-state index contributed by atoms with van der Waals surface area (Å²) in [6.45, 7) is 6.57. The maximum absolute atomic E-state index is 12.0. The van der Waals surface area contributed by atoms with Gasteiger partial charge in [-0.25, -0.2) is 4.68 Å². The van der Waals surface area contributed by atoms with Crippen LogP contribution in [-0.4, -0.2) is 27.1 Å². The summed E-state index contributed by atoms with van der Waals surface area (Å²) < 4.78 is 1.74. The third-order valence-electron chi connectivity index (χ3n) is 2.83. The summed E-state index contributed by atoms with van der Waals surface area (Å²) in [5.41, 5.74) is 0.176. The molecule has 1 aliphatic heterocycles. The van der Waals surface area contributed by atoms with Gasteiger partial charge in [-0.3, -0.25) is 9.69 Å². The molecule has 96 valence electrons. The smallest absolute Gasteiger partial charge is 0.229 e. The third kappa shape index (κ3) is 2.15. The van der Waals surface area contributed by atoms with Crippen LogP contribution in [0.15, 0.2) is 6.20 Å². The molecule has 1 atom stereocenters. The summed E-state index contributed by atoms with van der Waals surface area (Å²) in [6, 6.07) is 2.11. The molecule has 1 aromatic rings. The monoisotopic (exact) mass is 310 g/mol. The van der Waals surface area contributed by atoms with Crippen molar-refractivity contribution < 1.29 is 4.79 Å². The predicted molar refractivity (Wildman–Crippen MR) is 71.6 cm³/mol. The lowest BCUT2D eigenvalue weighted by Gasteiger charge is -2.26. The highest BCUT2D eigenvalue weighted by Crippen LogP contribution is 2.31. The number of anilines is 1. The summed E-state index contributed by atoms with van der Waals surface area (Å²) in [6.07, 6.45) is 1.98. The van der Waals surface area contributed by atoms with E-state index < -0.39 is 0 Å². The SMILES string of the molecule is CC(C)(C)n1ncc(C#N)c1N1CC(Br)CC1=O. The topological polar surface area (TPSA) is 61.9 Å². The van der Waals surface area contributed by atoms with E-state index in [1.807, 2.05) is 20.8 Å². The van der Waals surface area contributed by atoms with Crippen molar-refractivity contribution in [3.63, 3.8) is 0 Å². The summed E-state index contributed by atoms with van der Waals surface area (Å²) in [5.74, 6) is 0.635. The van der Waals surface area contributed by atoms with E-state index in [2.05, 4.69) is 27.1 Å². The van der Waals surface area contributed by atoms with Crippen molar-refractivity contribution in [3.05, 3.63) is 11.8 Å². The van der Waals surface area contributed by atoms with Crippen molar-refractivity contribution in [3.8, 4) is 6.07 Å². The van der Waals surface area contributed by atoms with Crippen molar-refractivity contribution in [2.24, 2.45) is 0 Å². The average molecular weight is 311 g/mol. The molecular formula is C12H15BrN4O. The molecule has 0 aliphatic carbocycles. The highest BCUT2D eigenvalue weighted by atomic mass is 79.9. The zero-order valence-corrected chi connectivity index (χ0v) is 12.2. The van der Waals surface area contributed by atoms with E-state index in [1.54, 1.807) is 9.58 Å². The second-order valence-electron chi connectivity index (χ2n) is 5.38. The van der Waals surface area contributed by atoms with Gasteiger partial charge in [0.15, 0.2) is 5.82 Å². The summed E-state index contributed by atoms with van der Waals surface area (Å²) in [5, 5.41) is 13.4.